The molecule has 152 valence electrons. The van der Waals surface area contributed by atoms with Gasteiger partial charge in [0, 0.05) is 37.5 Å². The lowest BCUT2D eigenvalue weighted by atomic mass is 10.1. The topological polar surface area (TPSA) is 102 Å². The van der Waals surface area contributed by atoms with Crippen LogP contribution in [0.25, 0.3) is 0 Å². The maximum Gasteiger partial charge on any atom is 0.345 e. The third kappa shape index (κ3) is 4.79. The highest BCUT2D eigenvalue weighted by molar-refractivity contribution is 6.04. The molecule has 1 N–H and O–H groups in total. The Balaban J connectivity index is 1.74. The van der Waals surface area contributed by atoms with Gasteiger partial charge in [-0.15, -0.1) is 0 Å². The second kappa shape index (κ2) is 8.87. The molecule has 0 aromatic heterocycles. The van der Waals surface area contributed by atoms with Crippen LogP contribution in [0.15, 0.2) is 72.8 Å². The number of nitrogens with one attached hydrogen (secondary N) is 1. The molecular weight excluding hydrogens is 386 g/mol. The van der Waals surface area contributed by atoms with Crippen LogP contribution in [0.2, 0.25) is 0 Å². The third-order valence-corrected chi connectivity index (χ3v) is 4.25. The molecule has 0 fully saturated rings. The average molecular weight is 405 g/mol. The van der Waals surface area contributed by atoms with E-state index in [1.165, 1.54) is 30.3 Å². The normalized spacial score (nSPS) is 10.2. The molecule has 0 aliphatic heterocycles. The predicted octanol–water partition coefficient (Wildman–Crippen LogP) is 4.13. The molecule has 3 aromatic rings. The summed E-state index contributed by atoms with van der Waals surface area (Å²) in [5.74, 6) is -0.732. The Kier molecular flexibility index (Phi) is 6.07. The molecule has 0 aliphatic carbocycles. The van der Waals surface area contributed by atoms with Crippen LogP contribution in [0.5, 0.6) is 5.75 Å². The number of hydrogen-bond donors (Lipinski definition) is 1. The summed E-state index contributed by atoms with van der Waals surface area (Å²) in [5.41, 5.74) is 1.43. The van der Waals surface area contributed by atoms with E-state index >= 15 is 0 Å². The van der Waals surface area contributed by atoms with Crippen LogP contribution < -0.4 is 15.0 Å². The van der Waals surface area contributed by atoms with E-state index in [-0.39, 0.29) is 22.9 Å². The summed E-state index contributed by atoms with van der Waals surface area (Å²) in [7, 11) is 3.45. The number of nitro benzene ring substituents is 1. The Labute approximate surface area is 172 Å². The van der Waals surface area contributed by atoms with Gasteiger partial charge in [0.1, 0.15) is 5.75 Å². The van der Waals surface area contributed by atoms with Crippen molar-refractivity contribution in [2.45, 2.75) is 0 Å². The van der Waals surface area contributed by atoms with Crippen molar-refractivity contribution in [2.24, 2.45) is 0 Å². The Morgan fingerprint density at radius 2 is 1.63 bits per heavy atom. The van der Waals surface area contributed by atoms with Gasteiger partial charge in [-0.05, 0) is 42.5 Å². The quantitative estimate of drug-likeness (QED) is 0.286. The minimum absolute atomic E-state index is 0.0793. The molecular formula is C22H19N3O5. The fraction of sp³-hybridized carbons (Fsp3) is 0.0909. The van der Waals surface area contributed by atoms with Gasteiger partial charge in [-0.3, -0.25) is 14.9 Å². The van der Waals surface area contributed by atoms with Gasteiger partial charge in [0.15, 0.2) is 0 Å². The monoisotopic (exact) mass is 405 g/mol. The van der Waals surface area contributed by atoms with Crippen molar-refractivity contribution in [3.63, 3.8) is 0 Å². The smallest absolute Gasteiger partial charge is 0.345 e. The number of carbonyl (C=O) groups excluding carboxylic acids is 2. The molecule has 0 spiro atoms. The number of non-ortho nitro benzene ring substituents is 1. The summed E-state index contributed by atoms with van der Waals surface area (Å²) >= 11 is 0. The first-order valence-corrected chi connectivity index (χ1v) is 8.99. The number of nitrogens with zero attached hydrogens (tertiary/aromatic N) is 2. The van der Waals surface area contributed by atoms with E-state index in [1.807, 2.05) is 6.07 Å². The summed E-state index contributed by atoms with van der Waals surface area (Å²) in [6, 6.07) is 19.0. The number of amides is 1. The summed E-state index contributed by atoms with van der Waals surface area (Å²) in [6.07, 6.45) is 0. The molecule has 0 heterocycles. The van der Waals surface area contributed by atoms with Crippen LogP contribution in [0, 0.1) is 10.1 Å². The van der Waals surface area contributed by atoms with Gasteiger partial charge < -0.3 is 15.0 Å². The first-order chi connectivity index (χ1) is 14.3. The number of anilines is 2. The Morgan fingerprint density at radius 3 is 2.23 bits per heavy atom. The number of benzene rings is 3. The molecule has 0 radical (unpaired) electrons. The molecule has 0 saturated carbocycles. The maximum absolute atomic E-state index is 12.6. The molecule has 0 aliphatic rings. The van der Waals surface area contributed by atoms with Gasteiger partial charge >= 0.3 is 5.97 Å². The van der Waals surface area contributed by atoms with Crippen molar-refractivity contribution in [3.05, 3.63) is 94.0 Å². The standard InChI is InChI=1S/C22H19N3O5/c1-24(2)20-13-10-17(25(28)29)14-19(20)22(27)30-18-11-8-16(9-12-18)23-21(26)15-6-4-3-5-7-15/h3-14H,1-2H3,(H,23,26). The zero-order valence-electron chi connectivity index (χ0n) is 16.4. The second-order valence-electron chi connectivity index (χ2n) is 6.59. The van der Waals surface area contributed by atoms with E-state index in [0.29, 0.717) is 16.9 Å². The van der Waals surface area contributed by atoms with Crippen molar-refractivity contribution >= 4 is 28.9 Å². The van der Waals surface area contributed by atoms with Crippen LogP contribution >= 0.6 is 0 Å². The third-order valence-electron chi connectivity index (χ3n) is 4.25. The molecule has 8 nitrogen and oxygen atoms in total. The van der Waals surface area contributed by atoms with Crippen LogP contribution in [0.4, 0.5) is 17.1 Å². The van der Waals surface area contributed by atoms with Crippen molar-refractivity contribution < 1.29 is 19.2 Å². The summed E-state index contributed by atoms with van der Waals surface area (Å²) in [6.45, 7) is 0. The average Bonchev–Trinajstić information content (AvgIpc) is 2.75. The van der Waals surface area contributed by atoms with Gasteiger partial charge in [0.25, 0.3) is 11.6 Å². The van der Waals surface area contributed by atoms with Gasteiger partial charge in [-0.2, -0.15) is 0 Å². The Hall–Kier alpha value is -4.20. The van der Waals surface area contributed by atoms with Gasteiger partial charge in [0.05, 0.1) is 16.2 Å². The zero-order chi connectivity index (χ0) is 21.7. The highest BCUT2D eigenvalue weighted by Gasteiger charge is 2.20. The van der Waals surface area contributed by atoms with Crippen LogP contribution in [-0.2, 0) is 0 Å². The van der Waals surface area contributed by atoms with Crippen LogP contribution in [-0.4, -0.2) is 30.9 Å². The number of rotatable bonds is 6. The fourth-order valence-corrected chi connectivity index (χ4v) is 2.75. The molecule has 0 atom stereocenters. The van der Waals surface area contributed by atoms with E-state index in [1.54, 1.807) is 55.4 Å². The highest BCUT2D eigenvalue weighted by atomic mass is 16.6. The summed E-state index contributed by atoms with van der Waals surface area (Å²) in [4.78, 5) is 37.0. The lowest BCUT2D eigenvalue weighted by molar-refractivity contribution is -0.384. The largest absolute Gasteiger partial charge is 0.423 e. The van der Waals surface area contributed by atoms with Crippen molar-refractivity contribution in [1.82, 2.24) is 0 Å². The van der Waals surface area contributed by atoms with Gasteiger partial charge in [-0.25, -0.2) is 4.79 Å². The fourth-order valence-electron chi connectivity index (χ4n) is 2.75. The lowest BCUT2D eigenvalue weighted by Crippen LogP contribution is -2.17. The SMILES string of the molecule is CN(C)c1ccc([N+](=O)[O-])cc1C(=O)Oc1ccc(NC(=O)c2ccccc2)cc1. The maximum atomic E-state index is 12.6. The number of esters is 1. The van der Waals surface area contributed by atoms with E-state index in [9.17, 15) is 19.7 Å². The lowest BCUT2D eigenvalue weighted by Gasteiger charge is -2.16. The van der Waals surface area contributed by atoms with Gasteiger partial charge in [-0.1, -0.05) is 18.2 Å². The molecule has 8 heteroatoms. The van der Waals surface area contributed by atoms with Crippen molar-refractivity contribution in [3.8, 4) is 5.75 Å². The van der Waals surface area contributed by atoms with E-state index in [0.717, 1.165) is 0 Å². The van der Waals surface area contributed by atoms with Crippen molar-refractivity contribution in [1.29, 1.82) is 0 Å². The van der Waals surface area contributed by atoms with Crippen LogP contribution in [0.3, 0.4) is 0 Å². The minimum atomic E-state index is -0.719. The molecule has 0 bridgehead atoms. The van der Waals surface area contributed by atoms with Gasteiger partial charge in [0.2, 0.25) is 0 Å². The summed E-state index contributed by atoms with van der Waals surface area (Å²) < 4.78 is 5.37. The minimum Gasteiger partial charge on any atom is -0.423 e. The van der Waals surface area contributed by atoms with E-state index in [2.05, 4.69) is 5.32 Å². The molecule has 3 aromatic carbocycles. The Morgan fingerprint density at radius 1 is 0.967 bits per heavy atom. The van der Waals surface area contributed by atoms with Crippen LogP contribution in [0.1, 0.15) is 20.7 Å². The first kappa shape index (κ1) is 20.5. The highest BCUT2D eigenvalue weighted by Crippen LogP contribution is 2.26. The number of nitro groups is 1. The zero-order valence-corrected chi connectivity index (χ0v) is 16.4. The Bertz CT molecular complexity index is 1080. The number of ether oxygens (including phenoxy) is 1. The molecule has 3 rings (SSSR count). The summed E-state index contributed by atoms with van der Waals surface area (Å²) in [5, 5.41) is 13.8. The first-order valence-electron chi connectivity index (χ1n) is 8.99. The number of carbonyl (C=O) groups is 2. The molecule has 0 saturated heterocycles. The molecule has 30 heavy (non-hydrogen) atoms. The van der Waals surface area contributed by atoms with E-state index in [4.69, 9.17) is 4.74 Å². The second-order valence-corrected chi connectivity index (χ2v) is 6.59. The molecule has 1 amide bonds. The molecule has 0 unspecified atom stereocenters. The predicted molar refractivity (Wildman–Crippen MR) is 113 cm³/mol. The number of hydrogen-bond acceptors (Lipinski definition) is 6. The van der Waals surface area contributed by atoms with Crippen molar-refractivity contribution in [2.75, 3.05) is 24.3 Å². The van der Waals surface area contributed by atoms with E-state index < -0.39 is 10.9 Å².